The van der Waals surface area contributed by atoms with Crippen molar-refractivity contribution in [1.29, 1.82) is 0 Å². The Morgan fingerprint density at radius 1 is 1.62 bits per heavy atom. The van der Waals surface area contributed by atoms with E-state index in [4.69, 9.17) is 0 Å². The molecule has 0 aliphatic rings. The van der Waals surface area contributed by atoms with Crippen LogP contribution in [0.1, 0.15) is 17.8 Å². The van der Waals surface area contributed by atoms with Gasteiger partial charge in [0.05, 0.1) is 17.2 Å². The lowest BCUT2D eigenvalue weighted by atomic mass is 10.3. The van der Waals surface area contributed by atoms with Crippen LogP contribution in [-0.4, -0.2) is 16.3 Å². The zero-order valence-electron chi connectivity index (χ0n) is 9.06. The molecule has 1 atom stereocenters. The molecular formula is C11H14BrN3S. The molecule has 1 unspecified atom stereocenters. The van der Waals surface area contributed by atoms with E-state index in [0.717, 1.165) is 17.6 Å². The molecule has 3 nitrogen and oxygen atoms in total. The first kappa shape index (κ1) is 11.8. The Morgan fingerprint density at radius 3 is 3.12 bits per heavy atom. The normalized spacial score (nSPS) is 12.9. The number of aromatic nitrogens is 2. The molecule has 2 aromatic rings. The van der Waals surface area contributed by atoms with Crippen molar-refractivity contribution in [3.8, 4) is 0 Å². The zero-order valence-corrected chi connectivity index (χ0v) is 11.5. The minimum absolute atomic E-state index is 0.416. The number of nitrogens with one attached hydrogen (secondary N) is 1. The van der Waals surface area contributed by atoms with Crippen molar-refractivity contribution in [1.82, 2.24) is 15.1 Å². The smallest absolute Gasteiger partial charge is 0.0632 e. The van der Waals surface area contributed by atoms with Gasteiger partial charge in [-0.3, -0.25) is 4.68 Å². The van der Waals surface area contributed by atoms with Crippen molar-refractivity contribution in [3.05, 3.63) is 39.3 Å². The predicted molar refractivity (Wildman–Crippen MR) is 70.7 cm³/mol. The highest BCUT2D eigenvalue weighted by Gasteiger charge is 2.04. The number of hydrogen-bond acceptors (Lipinski definition) is 3. The van der Waals surface area contributed by atoms with E-state index in [1.807, 2.05) is 17.1 Å². The van der Waals surface area contributed by atoms with E-state index in [1.54, 1.807) is 11.3 Å². The van der Waals surface area contributed by atoms with Crippen LogP contribution >= 0.6 is 27.3 Å². The fourth-order valence-electron chi connectivity index (χ4n) is 1.49. The Kier molecular flexibility index (Phi) is 4.15. The highest BCUT2D eigenvalue weighted by atomic mass is 79.9. The summed E-state index contributed by atoms with van der Waals surface area (Å²) in [4.78, 5) is 1.38. The third-order valence-corrected chi connectivity index (χ3v) is 3.83. The molecule has 86 valence electrons. The average Bonchev–Trinajstić information content (AvgIpc) is 2.89. The fraction of sp³-hybridized carbons (Fsp3) is 0.364. The van der Waals surface area contributed by atoms with Crippen LogP contribution < -0.4 is 5.32 Å². The van der Waals surface area contributed by atoms with Gasteiger partial charge in [0, 0.05) is 23.7 Å². The number of rotatable bonds is 5. The summed E-state index contributed by atoms with van der Waals surface area (Å²) in [6.07, 6.45) is 3.79. The Morgan fingerprint density at radius 2 is 2.50 bits per heavy atom. The van der Waals surface area contributed by atoms with E-state index in [0.29, 0.717) is 6.04 Å². The monoisotopic (exact) mass is 299 g/mol. The summed E-state index contributed by atoms with van der Waals surface area (Å²) in [5, 5.41) is 9.79. The van der Waals surface area contributed by atoms with Gasteiger partial charge in [-0.15, -0.1) is 11.3 Å². The standard InChI is InChI=1S/C11H14BrN3S/c1-9(11-3-2-6-16-11)13-4-5-15-8-10(12)7-14-15/h2-3,6-9,13H,4-5H2,1H3. The van der Waals surface area contributed by atoms with Crippen LogP contribution in [0, 0.1) is 0 Å². The Balaban J connectivity index is 1.76. The van der Waals surface area contributed by atoms with Crippen LogP contribution in [0.3, 0.4) is 0 Å². The van der Waals surface area contributed by atoms with Crippen LogP contribution in [0.5, 0.6) is 0 Å². The molecule has 0 radical (unpaired) electrons. The van der Waals surface area contributed by atoms with Crippen LogP contribution in [0.4, 0.5) is 0 Å². The predicted octanol–water partition coefficient (Wildman–Crippen LogP) is 3.06. The van der Waals surface area contributed by atoms with Crippen molar-refractivity contribution in [2.45, 2.75) is 19.5 Å². The second kappa shape index (κ2) is 5.61. The molecule has 0 saturated heterocycles. The molecule has 0 aromatic carbocycles. The van der Waals surface area contributed by atoms with Gasteiger partial charge in [-0.1, -0.05) is 6.07 Å². The van der Waals surface area contributed by atoms with Crippen molar-refractivity contribution < 1.29 is 0 Å². The van der Waals surface area contributed by atoms with Gasteiger partial charge in [0.1, 0.15) is 0 Å². The molecule has 0 spiro atoms. The number of hydrogen-bond donors (Lipinski definition) is 1. The van der Waals surface area contributed by atoms with Crippen molar-refractivity contribution in [2.75, 3.05) is 6.54 Å². The Labute approximate surface area is 108 Å². The van der Waals surface area contributed by atoms with Crippen molar-refractivity contribution >= 4 is 27.3 Å². The summed E-state index contributed by atoms with van der Waals surface area (Å²) in [6, 6.07) is 4.66. The van der Waals surface area contributed by atoms with E-state index >= 15 is 0 Å². The summed E-state index contributed by atoms with van der Waals surface area (Å²) >= 11 is 5.17. The van der Waals surface area contributed by atoms with E-state index < -0.39 is 0 Å². The van der Waals surface area contributed by atoms with Gasteiger partial charge in [-0.2, -0.15) is 5.10 Å². The van der Waals surface area contributed by atoms with Crippen molar-refractivity contribution in [2.24, 2.45) is 0 Å². The molecular weight excluding hydrogens is 286 g/mol. The molecule has 2 aromatic heterocycles. The van der Waals surface area contributed by atoms with Gasteiger partial charge < -0.3 is 5.32 Å². The van der Waals surface area contributed by atoms with Gasteiger partial charge in [0.25, 0.3) is 0 Å². The third-order valence-electron chi connectivity index (χ3n) is 2.36. The Hall–Kier alpha value is -0.650. The van der Waals surface area contributed by atoms with E-state index in [9.17, 15) is 0 Å². The molecule has 2 rings (SSSR count). The van der Waals surface area contributed by atoms with Gasteiger partial charge in [-0.05, 0) is 34.3 Å². The first-order valence-electron chi connectivity index (χ1n) is 5.20. The molecule has 0 bridgehead atoms. The fourth-order valence-corrected chi connectivity index (χ4v) is 2.58. The number of nitrogens with zero attached hydrogens (tertiary/aromatic N) is 2. The highest BCUT2D eigenvalue weighted by Crippen LogP contribution is 2.17. The van der Waals surface area contributed by atoms with Crippen molar-refractivity contribution in [3.63, 3.8) is 0 Å². The summed E-state index contributed by atoms with van der Waals surface area (Å²) in [7, 11) is 0. The first-order valence-corrected chi connectivity index (χ1v) is 6.88. The third kappa shape index (κ3) is 3.17. The van der Waals surface area contributed by atoms with Crippen LogP contribution in [-0.2, 0) is 6.54 Å². The maximum absolute atomic E-state index is 4.21. The minimum Gasteiger partial charge on any atom is -0.308 e. The SMILES string of the molecule is CC(NCCn1cc(Br)cn1)c1cccs1. The number of halogens is 1. The summed E-state index contributed by atoms with van der Waals surface area (Å²) in [5.74, 6) is 0. The maximum Gasteiger partial charge on any atom is 0.0632 e. The quantitative estimate of drug-likeness (QED) is 0.919. The molecule has 0 amide bonds. The van der Waals surface area contributed by atoms with Crippen LogP contribution in [0.25, 0.3) is 0 Å². The van der Waals surface area contributed by atoms with Crippen LogP contribution in [0.15, 0.2) is 34.4 Å². The van der Waals surface area contributed by atoms with Crippen LogP contribution in [0.2, 0.25) is 0 Å². The van der Waals surface area contributed by atoms with E-state index in [1.165, 1.54) is 4.88 Å². The molecule has 0 fully saturated rings. The molecule has 16 heavy (non-hydrogen) atoms. The topological polar surface area (TPSA) is 29.9 Å². The second-order valence-electron chi connectivity index (χ2n) is 3.61. The first-order chi connectivity index (χ1) is 7.75. The van der Waals surface area contributed by atoms with Gasteiger partial charge in [-0.25, -0.2) is 0 Å². The lowest BCUT2D eigenvalue weighted by molar-refractivity contribution is 0.511. The summed E-state index contributed by atoms with van der Waals surface area (Å²) in [5.41, 5.74) is 0. The molecule has 1 N–H and O–H groups in total. The minimum atomic E-state index is 0.416. The van der Waals surface area contributed by atoms with Gasteiger partial charge in [0.2, 0.25) is 0 Å². The lowest BCUT2D eigenvalue weighted by Crippen LogP contribution is -2.22. The summed E-state index contributed by atoms with van der Waals surface area (Å²) < 4.78 is 2.96. The lowest BCUT2D eigenvalue weighted by Gasteiger charge is -2.11. The average molecular weight is 300 g/mol. The van der Waals surface area contributed by atoms with Gasteiger partial charge >= 0.3 is 0 Å². The highest BCUT2D eigenvalue weighted by molar-refractivity contribution is 9.10. The number of thiophene rings is 1. The zero-order chi connectivity index (χ0) is 11.4. The van der Waals surface area contributed by atoms with E-state index in [-0.39, 0.29) is 0 Å². The molecule has 5 heteroatoms. The molecule has 0 aliphatic carbocycles. The molecule has 0 saturated carbocycles. The second-order valence-corrected chi connectivity index (χ2v) is 5.51. The maximum atomic E-state index is 4.21. The van der Waals surface area contributed by atoms with E-state index in [2.05, 4.69) is 50.8 Å². The largest absolute Gasteiger partial charge is 0.308 e. The summed E-state index contributed by atoms with van der Waals surface area (Å²) in [6.45, 7) is 4.00. The Bertz CT molecular complexity index is 424. The molecule has 0 aliphatic heterocycles. The molecule has 2 heterocycles. The van der Waals surface area contributed by atoms with Gasteiger partial charge in [0.15, 0.2) is 0 Å².